The third kappa shape index (κ3) is 2.40. The molecule has 0 aliphatic carbocycles. The van der Waals surface area contributed by atoms with Crippen LogP contribution in [0.4, 0.5) is 0 Å². The van der Waals surface area contributed by atoms with Crippen LogP contribution in [0, 0.1) is 0 Å². The van der Waals surface area contributed by atoms with E-state index in [-0.39, 0.29) is 6.04 Å². The van der Waals surface area contributed by atoms with Gasteiger partial charge in [-0.25, -0.2) is 4.79 Å². The van der Waals surface area contributed by atoms with E-state index >= 15 is 0 Å². The van der Waals surface area contributed by atoms with Gasteiger partial charge in [0.1, 0.15) is 6.04 Å². The van der Waals surface area contributed by atoms with E-state index in [0.717, 1.165) is 37.2 Å². The van der Waals surface area contributed by atoms with Gasteiger partial charge in [-0.05, 0) is 25.7 Å². The predicted octanol–water partition coefficient (Wildman–Crippen LogP) is 1.66. The van der Waals surface area contributed by atoms with Gasteiger partial charge >= 0.3 is 5.97 Å². The van der Waals surface area contributed by atoms with E-state index < -0.39 is 5.97 Å². The molecule has 0 saturated carbocycles. The lowest BCUT2D eigenvalue weighted by Crippen LogP contribution is -2.39. The lowest BCUT2D eigenvalue weighted by molar-refractivity contribution is -0.140. The number of carbonyl (C=O) groups is 1. The number of hydrogen-bond acceptors (Lipinski definition) is 2. The number of thiocarbonyl (C=S) groups is 1. The second kappa shape index (κ2) is 4.56. The summed E-state index contributed by atoms with van der Waals surface area (Å²) in [5.74, 6) is -0.740. The molecule has 1 aliphatic rings. The van der Waals surface area contributed by atoms with Crippen LogP contribution in [0.25, 0.3) is 0 Å². The van der Waals surface area contributed by atoms with Crippen molar-refractivity contribution in [2.75, 3.05) is 6.54 Å². The van der Waals surface area contributed by atoms with Crippen LogP contribution >= 0.6 is 12.2 Å². The number of carboxylic acids is 1. The zero-order chi connectivity index (χ0) is 9.84. The van der Waals surface area contributed by atoms with Gasteiger partial charge in [0, 0.05) is 6.54 Å². The van der Waals surface area contributed by atoms with Crippen LogP contribution in [0.15, 0.2) is 0 Å². The maximum Gasteiger partial charge on any atom is 0.326 e. The van der Waals surface area contributed by atoms with Gasteiger partial charge in [0.15, 0.2) is 0 Å². The predicted molar refractivity (Wildman–Crippen MR) is 54.9 cm³/mol. The van der Waals surface area contributed by atoms with E-state index in [9.17, 15) is 4.79 Å². The van der Waals surface area contributed by atoms with Crippen molar-refractivity contribution in [1.82, 2.24) is 4.90 Å². The molecular weight excluding hydrogens is 186 g/mol. The van der Waals surface area contributed by atoms with E-state index in [2.05, 4.69) is 6.92 Å². The molecule has 74 valence electrons. The normalized spacial score (nSPS) is 21.9. The Balaban J connectivity index is 2.57. The zero-order valence-corrected chi connectivity index (χ0v) is 8.64. The summed E-state index contributed by atoms with van der Waals surface area (Å²) in [6.45, 7) is 2.87. The lowest BCUT2D eigenvalue weighted by atomic mass is 10.2. The largest absolute Gasteiger partial charge is 0.480 e. The van der Waals surface area contributed by atoms with Gasteiger partial charge in [-0.2, -0.15) is 0 Å². The molecule has 1 fully saturated rings. The van der Waals surface area contributed by atoms with E-state index in [1.807, 2.05) is 4.90 Å². The van der Waals surface area contributed by atoms with Crippen LogP contribution in [0.1, 0.15) is 32.6 Å². The maximum atomic E-state index is 10.8. The molecule has 1 rings (SSSR count). The molecule has 13 heavy (non-hydrogen) atoms. The Hall–Kier alpha value is -0.640. The van der Waals surface area contributed by atoms with E-state index in [1.54, 1.807) is 0 Å². The molecular formula is C9H15NO2S. The maximum absolute atomic E-state index is 10.8. The minimum absolute atomic E-state index is 0.362. The number of nitrogens with zero attached hydrogens (tertiary/aromatic N) is 1. The van der Waals surface area contributed by atoms with Crippen LogP contribution in [-0.2, 0) is 4.79 Å². The molecule has 3 nitrogen and oxygen atoms in total. The molecule has 0 amide bonds. The van der Waals surface area contributed by atoms with Gasteiger partial charge in [0.05, 0.1) is 4.99 Å². The first-order chi connectivity index (χ1) is 6.16. The summed E-state index contributed by atoms with van der Waals surface area (Å²) in [5, 5.41) is 8.90. The summed E-state index contributed by atoms with van der Waals surface area (Å²) in [4.78, 5) is 13.5. The zero-order valence-electron chi connectivity index (χ0n) is 7.82. The minimum atomic E-state index is -0.740. The molecule has 1 atom stereocenters. The summed E-state index contributed by atoms with van der Waals surface area (Å²) in [7, 11) is 0. The van der Waals surface area contributed by atoms with Crippen molar-refractivity contribution < 1.29 is 9.90 Å². The molecule has 1 heterocycles. The van der Waals surface area contributed by atoms with Crippen LogP contribution in [-0.4, -0.2) is 33.6 Å². The van der Waals surface area contributed by atoms with Crippen molar-refractivity contribution in [2.45, 2.75) is 38.6 Å². The van der Waals surface area contributed by atoms with Crippen LogP contribution in [0.2, 0.25) is 0 Å². The Morgan fingerprint density at radius 1 is 1.69 bits per heavy atom. The van der Waals surface area contributed by atoms with E-state index in [0.29, 0.717) is 0 Å². The van der Waals surface area contributed by atoms with Crippen molar-refractivity contribution in [3.63, 3.8) is 0 Å². The van der Waals surface area contributed by atoms with Crippen molar-refractivity contribution in [3.05, 3.63) is 0 Å². The highest BCUT2D eigenvalue weighted by atomic mass is 32.1. The Labute approximate surface area is 83.7 Å². The number of carboxylic acid groups (broad SMARTS) is 1. The van der Waals surface area contributed by atoms with Crippen molar-refractivity contribution in [2.24, 2.45) is 0 Å². The fourth-order valence-corrected chi connectivity index (χ4v) is 2.10. The lowest BCUT2D eigenvalue weighted by Gasteiger charge is -2.23. The van der Waals surface area contributed by atoms with Gasteiger partial charge in [0.25, 0.3) is 0 Å². The molecule has 1 N–H and O–H groups in total. The number of hydrogen-bond donors (Lipinski definition) is 1. The van der Waals surface area contributed by atoms with Crippen LogP contribution in [0.3, 0.4) is 0 Å². The molecule has 1 aliphatic heterocycles. The van der Waals surface area contributed by atoms with Crippen molar-refractivity contribution in [3.8, 4) is 0 Å². The molecule has 0 spiro atoms. The molecule has 0 radical (unpaired) electrons. The SMILES string of the molecule is CCCC(=S)N1CCC[C@H]1C(=O)O. The smallest absolute Gasteiger partial charge is 0.326 e. The summed E-state index contributed by atoms with van der Waals surface area (Å²) in [6, 6.07) is -0.362. The van der Waals surface area contributed by atoms with Gasteiger partial charge < -0.3 is 10.0 Å². The second-order valence-electron chi connectivity index (χ2n) is 3.33. The Morgan fingerprint density at radius 2 is 2.38 bits per heavy atom. The van der Waals surface area contributed by atoms with E-state index in [1.165, 1.54) is 0 Å². The number of likely N-dealkylation sites (tertiary alicyclic amines) is 1. The van der Waals surface area contributed by atoms with Crippen molar-refractivity contribution in [1.29, 1.82) is 0 Å². The number of rotatable bonds is 3. The Morgan fingerprint density at radius 3 is 2.92 bits per heavy atom. The molecule has 0 aromatic rings. The quantitative estimate of drug-likeness (QED) is 0.705. The van der Waals surface area contributed by atoms with E-state index in [4.69, 9.17) is 17.3 Å². The summed E-state index contributed by atoms with van der Waals surface area (Å²) in [6.07, 6.45) is 3.50. The van der Waals surface area contributed by atoms with Gasteiger partial charge in [-0.3, -0.25) is 0 Å². The highest BCUT2D eigenvalue weighted by Crippen LogP contribution is 2.19. The molecule has 0 bridgehead atoms. The summed E-state index contributed by atoms with van der Waals surface area (Å²) in [5.41, 5.74) is 0. The van der Waals surface area contributed by atoms with Gasteiger partial charge in [-0.15, -0.1) is 0 Å². The molecule has 0 unspecified atom stereocenters. The van der Waals surface area contributed by atoms with Crippen LogP contribution < -0.4 is 0 Å². The fraction of sp³-hybridized carbons (Fsp3) is 0.778. The summed E-state index contributed by atoms with van der Waals surface area (Å²) < 4.78 is 0. The monoisotopic (exact) mass is 201 g/mol. The fourth-order valence-electron chi connectivity index (χ4n) is 1.68. The Bertz CT molecular complexity index is 218. The molecule has 4 heteroatoms. The third-order valence-corrected chi connectivity index (χ3v) is 2.76. The first-order valence-electron chi connectivity index (χ1n) is 4.69. The average molecular weight is 201 g/mol. The van der Waals surface area contributed by atoms with Gasteiger partial charge in [-0.1, -0.05) is 19.1 Å². The number of aliphatic carboxylic acids is 1. The summed E-state index contributed by atoms with van der Waals surface area (Å²) >= 11 is 5.17. The second-order valence-corrected chi connectivity index (χ2v) is 3.80. The van der Waals surface area contributed by atoms with Crippen LogP contribution in [0.5, 0.6) is 0 Å². The Kier molecular flexibility index (Phi) is 3.66. The first-order valence-corrected chi connectivity index (χ1v) is 5.10. The minimum Gasteiger partial charge on any atom is -0.480 e. The highest BCUT2D eigenvalue weighted by molar-refractivity contribution is 7.80. The highest BCUT2D eigenvalue weighted by Gasteiger charge is 2.31. The standard InChI is InChI=1S/C9H15NO2S/c1-2-4-8(13)10-6-3-5-7(10)9(11)12/h7H,2-6H2,1H3,(H,11,12)/t7-/m0/s1. The molecule has 0 aromatic heterocycles. The average Bonchev–Trinajstić information content (AvgIpc) is 2.52. The molecule has 1 saturated heterocycles. The topological polar surface area (TPSA) is 40.5 Å². The first kappa shape index (κ1) is 10.4. The third-order valence-electron chi connectivity index (χ3n) is 2.32. The molecule has 0 aromatic carbocycles. The van der Waals surface area contributed by atoms with Gasteiger partial charge in [0.2, 0.25) is 0 Å². The van der Waals surface area contributed by atoms with Crippen molar-refractivity contribution >= 4 is 23.2 Å².